The highest BCUT2D eigenvalue weighted by Gasteiger charge is 2.30. The van der Waals surface area contributed by atoms with Crippen LogP contribution >= 0.6 is 23.4 Å². The van der Waals surface area contributed by atoms with E-state index >= 15 is 0 Å². The third-order valence-corrected chi connectivity index (χ3v) is 4.56. The molecule has 1 fully saturated rings. The van der Waals surface area contributed by atoms with Crippen molar-refractivity contribution >= 4 is 29.5 Å². The lowest BCUT2D eigenvalue weighted by atomic mass is 10.0. The number of carbonyl (C=O) groups excluding carboxylic acids is 1. The fourth-order valence-corrected chi connectivity index (χ4v) is 3.55. The van der Waals surface area contributed by atoms with Crippen molar-refractivity contribution in [3.8, 4) is 0 Å². The van der Waals surface area contributed by atoms with E-state index in [0.717, 1.165) is 36.6 Å². The smallest absolute Gasteiger partial charge is 0.410 e. The Bertz CT molecular complexity index is 522. The van der Waals surface area contributed by atoms with Gasteiger partial charge < -0.3 is 9.64 Å². The number of likely N-dealkylation sites (tertiary alicyclic amines) is 1. The molecule has 22 heavy (non-hydrogen) atoms. The van der Waals surface area contributed by atoms with Gasteiger partial charge in [0.05, 0.1) is 0 Å². The maximum Gasteiger partial charge on any atom is 0.410 e. The Hall–Kier alpha value is -1.01. The number of halogens is 1. The van der Waals surface area contributed by atoms with Crippen LogP contribution in [0, 0.1) is 0 Å². The molecule has 0 aromatic carbocycles. The number of nitrogens with zero attached hydrogens (tertiary/aromatic N) is 3. The average molecular weight is 344 g/mol. The van der Waals surface area contributed by atoms with Crippen LogP contribution in [0.2, 0.25) is 5.15 Å². The molecule has 1 atom stereocenters. The van der Waals surface area contributed by atoms with Gasteiger partial charge in [-0.3, -0.25) is 0 Å². The summed E-state index contributed by atoms with van der Waals surface area (Å²) in [6, 6.07) is 1.91. The number of thioether (sulfide) groups is 1. The standard InChI is InChI=1S/C15H22ClN3O2S/c1-15(2,3)21-14(20)19-7-5-4-6-11(19)9-22-13-8-12(16)17-10-18-13/h8,10-11H,4-7,9H2,1-3H3/t11-/m0/s1. The molecule has 1 aromatic rings. The van der Waals surface area contributed by atoms with Crippen LogP contribution in [0.4, 0.5) is 4.79 Å². The van der Waals surface area contributed by atoms with Crippen molar-refractivity contribution in [3.63, 3.8) is 0 Å². The molecule has 0 spiro atoms. The summed E-state index contributed by atoms with van der Waals surface area (Å²) in [5.41, 5.74) is -0.466. The molecule has 5 nitrogen and oxygen atoms in total. The summed E-state index contributed by atoms with van der Waals surface area (Å²) in [6.07, 6.45) is 4.38. The molecule has 2 rings (SSSR count). The van der Waals surface area contributed by atoms with Crippen LogP contribution in [0.1, 0.15) is 40.0 Å². The van der Waals surface area contributed by atoms with Crippen LogP contribution in [-0.4, -0.2) is 44.9 Å². The Labute approximate surface area is 140 Å². The summed E-state index contributed by atoms with van der Waals surface area (Å²) in [5.74, 6) is 0.784. The molecule has 0 N–H and O–H groups in total. The van der Waals surface area contributed by atoms with Crippen molar-refractivity contribution < 1.29 is 9.53 Å². The van der Waals surface area contributed by atoms with E-state index in [1.54, 1.807) is 17.8 Å². The number of ether oxygens (including phenoxy) is 1. The van der Waals surface area contributed by atoms with Gasteiger partial charge in [-0.15, -0.1) is 11.8 Å². The first-order chi connectivity index (χ1) is 10.3. The molecule has 1 amide bonds. The molecule has 0 saturated carbocycles. The number of hydrogen-bond acceptors (Lipinski definition) is 5. The molecular formula is C15H22ClN3O2S. The lowest BCUT2D eigenvalue weighted by molar-refractivity contribution is 0.0126. The van der Waals surface area contributed by atoms with Gasteiger partial charge in [0.25, 0.3) is 0 Å². The van der Waals surface area contributed by atoms with Gasteiger partial charge in [-0.05, 0) is 40.0 Å². The second kappa shape index (κ2) is 7.51. The summed E-state index contributed by atoms with van der Waals surface area (Å²) in [7, 11) is 0. The van der Waals surface area contributed by atoms with Crippen molar-refractivity contribution in [2.75, 3.05) is 12.3 Å². The van der Waals surface area contributed by atoms with E-state index in [9.17, 15) is 4.79 Å². The zero-order valence-electron chi connectivity index (χ0n) is 13.2. The lowest BCUT2D eigenvalue weighted by Gasteiger charge is -2.36. The van der Waals surface area contributed by atoms with Gasteiger partial charge in [0.15, 0.2) is 0 Å². The highest BCUT2D eigenvalue weighted by Crippen LogP contribution is 2.26. The minimum atomic E-state index is -0.466. The molecule has 122 valence electrons. The summed E-state index contributed by atoms with van der Waals surface area (Å²) in [6.45, 7) is 6.43. The zero-order valence-corrected chi connectivity index (χ0v) is 14.8. The van der Waals surface area contributed by atoms with Crippen LogP contribution in [-0.2, 0) is 4.74 Å². The predicted molar refractivity (Wildman–Crippen MR) is 88.3 cm³/mol. The first-order valence-electron chi connectivity index (χ1n) is 7.45. The molecule has 0 radical (unpaired) electrons. The summed E-state index contributed by atoms with van der Waals surface area (Å²) < 4.78 is 5.51. The molecule has 1 aliphatic heterocycles. The maximum absolute atomic E-state index is 12.3. The molecule has 0 aliphatic carbocycles. The third kappa shape index (κ3) is 5.32. The Morgan fingerprint density at radius 1 is 1.45 bits per heavy atom. The fraction of sp³-hybridized carbons (Fsp3) is 0.667. The van der Waals surface area contributed by atoms with E-state index < -0.39 is 5.60 Å². The Morgan fingerprint density at radius 2 is 2.23 bits per heavy atom. The van der Waals surface area contributed by atoms with Crippen LogP contribution in [0.5, 0.6) is 0 Å². The lowest BCUT2D eigenvalue weighted by Crippen LogP contribution is -2.47. The van der Waals surface area contributed by atoms with E-state index in [1.807, 2.05) is 25.7 Å². The summed E-state index contributed by atoms with van der Waals surface area (Å²) in [4.78, 5) is 22.2. The first kappa shape index (κ1) is 17.3. The Morgan fingerprint density at radius 3 is 2.91 bits per heavy atom. The Kier molecular flexibility index (Phi) is 5.92. The molecule has 2 heterocycles. The molecule has 0 bridgehead atoms. The van der Waals surface area contributed by atoms with Gasteiger partial charge >= 0.3 is 6.09 Å². The maximum atomic E-state index is 12.3. The SMILES string of the molecule is CC(C)(C)OC(=O)N1CCCC[C@H]1CSc1cc(Cl)ncn1. The topological polar surface area (TPSA) is 55.3 Å². The van der Waals surface area contributed by atoms with Crippen LogP contribution < -0.4 is 0 Å². The monoisotopic (exact) mass is 343 g/mol. The number of hydrogen-bond donors (Lipinski definition) is 0. The van der Waals surface area contributed by atoms with E-state index in [4.69, 9.17) is 16.3 Å². The van der Waals surface area contributed by atoms with Gasteiger partial charge in [0, 0.05) is 24.4 Å². The van der Waals surface area contributed by atoms with E-state index in [-0.39, 0.29) is 12.1 Å². The van der Waals surface area contributed by atoms with Gasteiger partial charge in [-0.25, -0.2) is 14.8 Å². The van der Waals surface area contributed by atoms with Crippen molar-refractivity contribution in [3.05, 3.63) is 17.5 Å². The predicted octanol–water partition coefficient (Wildman–Crippen LogP) is 4.01. The van der Waals surface area contributed by atoms with Crippen molar-refractivity contribution in [2.24, 2.45) is 0 Å². The number of piperidine rings is 1. The number of carbonyl (C=O) groups is 1. The summed E-state index contributed by atoms with van der Waals surface area (Å²) >= 11 is 7.46. The molecule has 0 unspecified atom stereocenters. The third-order valence-electron chi connectivity index (χ3n) is 3.29. The second-order valence-corrected chi connectivity index (χ2v) is 7.74. The van der Waals surface area contributed by atoms with Crippen molar-refractivity contribution in [2.45, 2.75) is 56.7 Å². The highest BCUT2D eigenvalue weighted by atomic mass is 35.5. The van der Waals surface area contributed by atoms with Crippen molar-refractivity contribution in [1.29, 1.82) is 0 Å². The molecular weight excluding hydrogens is 322 g/mol. The molecule has 1 aliphatic rings. The molecule has 1 aromatic heterocycles. The largest absolute Gasteiger partial charge is 0.444 e. The minimum absolute atomic E-state index is 0.169. The summed E-state index contributed by atoms with van der Waals surface area (Å²) in [5, 5.41) is 1.26. The average Bonchev–Trinajstić information content (AvgIpc) is 2.44. The van der Waals surface area contributed by atoms with Crippen LogP contribution in [0.15, 0.2) is 17.4 Å². The van der Waals surface area contributed by atoms with E-state index in [2.05, 4.69) is 9.97 Å². The highest BCUT2D eigenvalue weighted by molar-refractivity contribution is 7.99. The van der Waals surface area contributed by atoms with E-state index in [0.29, 0.717) is 5.15 Å². The fourth-order valence-electron chi connectivity index (χ4n) is 2.31. The second-order valence-electron chi connectivity index (χ2n) is 6.31. The van der Waals surface area contributed by atoms with Crippen LogP contribution in [0.3, 0.4) is 0 Å². The van der Waals surface area contributed by atoms with Gasteiger partial charge in [-0.1, -0.05) is 11.6 Å². The Balaban J connectivity index is 1.96. The van der Waals surface area contributed by atoms with E-state index in [1.165, 1.54) is 6.33 Å². The van der Waals surface area contributed by atoms with Gasteiger partial charge in [-0.2, -0.15) is 0 Å². The number of aromatic nitrogens is 2. The van der Waals surface area contributed by atoms with Crippen molar-refractivity contribution in [1.82, 2.24) is 14.9 Å². The molecule has 7 heteroatoms. The quantitative estimate of drug-likeness (QED) is 0.613. The minimum Gasteiger partial charge on any atom is -0.444 e. The molecule has 1 saturated heterocycles. The van der Waals surface area contributed by atoms with Gasteiger partial charge in [0.2, 0.25) is 0 Å². The first-order valence-corrected chi connectivity index (χ1v) is 8.81. The zero-order chi connectivity index (χ0) is 16.2. The normalized spacial score (nSPS) is 19.1. The number of amides is 1. The van der Waals surface area contributed by atoms with Crippen LogP contribution in [0.25, 0.3) is 0 Å². The van der Waals surface area contributed by atoms with Gasteiger partial charge in [0.1, 0.15) is 22.1 Å². The number of rotatable bonds is 3.